The van der Waals surface area contributed by atoms with Crippen molar-refractivity contribution in [3.05, 3.63) is 29.3 Å². The van der Waals surface area contributed by atoms with E-state index >= 15 is 0 Å². The van der Waals surface area contributed by atoms with E-state index < -0.39 is 0 Å². The number of benzene rings is 1. The van der Waals surface area contributed by atoms with Crippen molar-refractivity contribution in [1.82, 2.24) is 0 Å². The zero-order valence-electron chi connectivity index (χ0n) is 10.1. The van der Waals surface area contributed by atoms with Gasteiger partial charge >= 0.3 is 0 Å². The van der Waals surface area contributed by atoms with Crippen molar-refractivity contribution >= 4 is 0 Å². The van der Waals surface area contributed by atoms with Gasteiger partial charge in [0.25, 0.3) is 0 Å². The number of hydrogen-bond donors (Lipinski definition) is 1. The van der Waals surface area contributed by atoms with Crippen LogP contribution in [0, 0.1) is 6.92 Å². The molecule has 15 heavy (non-hydrogen) atoms. The molecular weight excluding hydrogens is 186 g/mol. The lowest BCUT2D eigenvalue weighted by Gasteiger charge is -2.26. The monoisotopic (exact) mass is 207 g/mol. The Morgan fingerprint density at radius 3 is 2.47 bits per heavy atom. The van der Waals surface area contributed by atoms with E-state index in [-0.39, 0.29) is 5.41 Å². The van der Waals surface area contributed by atoms with Crippen molar-refractivity contribution in [2.45, 2.75) is 32.6 Å². The highest BCUT2D eigenvalue weighted by molar-refractivity contribution is 5.38. The van der Waals surface area contributed by atoms with Crippen molar-refractivity contribution in [1.29, 1.82) is 0 Å². The highest BCUT2D eigenvalue weighted by atomic mass is 16.5. The zero-order valence-corrected chi connectivity index (χ0v) is 10.1. The SMILES string of the molecule is COc1ccc(C(C)(C)CCN)c(C)c1. The third-order valence-corrected chi connectivity index (χ3v) is 2.93. The van der Waals surface area contributed by atoms with E-state index in [4.69, 9.17) is 10.5 Å². The maximum Gasteiger partial charge on any atom is 0.119 e. The van der Waals surface area contributed by atoms with Gasteiger partial charge in [-0.2, -0.15) is 0 Å². The van der Waals surface area contributed by atoms with Crippen LogP contribution in [0.1, 0.15) is 31.4 Å². The third-order valence-electron chi connectivity index (χ3n) is 2.93. The van der Waals surface area contributed by atoms with E-state index in [9.17, 15) is 0 Å². The van der Waals surface area contributed by atoms with Crippen LogP contribution in [0.25, 0.3) is 0 Å². The second kappa shape index (κ2) is 4.67. The largest absolute Gasteiger partial charge is 0.497 e. The first-order chi connectivity index (χ1) is 7.01. The van der Waals surface area contributed by atoms with Crippen LogP contribution in [-0.4, -0.2) is 13.7 Å². The van der Waals surface area contributed by atoms with Gasteiger partial charge in [0.2, 0.25) is 0 Å². The fraction of sp³-hybridized carbons (Fsp3) is 0.538. The van der Waals surface area contributed by atoms with Crippen LogP contribution < -0.4 is 10.5 Å². The highest BCUT2D eigenvalue weighted by Crippen LogP contribution is 2.31. The molecule has 0 aliphatic heterocycles. The summed E-state index contributed by atoms with van der Waals surface area (Å²) in [5.74, 6) is 0.916. The number of aryl methyl sites for hydroxylation is 1. The average Bonchev–Trinajstić information content (AvgIpc) is 2.17. The van der Waals surface area contributed by atoms with Gasteiger partial charge in [0.05, 0.1) is 7.11 Å². The van der Waals surface area contributed by atoms with Gasteiger partial charge in [-0.1, -0.05) is 19.9 Å². The highest BCUT2D eigenvalue weighted by Gasteiger charge is 2.21. The van der Waals surface area contributed by atoms with Crippen LogP contribution in [0.15, 0.2) is 18.2 Å². The summed E-state index contributed by atoms with van der Waals surface area (Å²) in [5, 5.41) is 0. The Balaban J connectivity index is 3.04. The summed E-state index contributed by atoms with van der Waals surface area (Å²) in [6.07, 6.45) is 1.00. The fourth-order valence-electron chi connectivity index (χ4n) is 2.02. The predicted octanol–water partition coefficient (Wildman–Crippen LogP) is 2.63. The van der Waals surface area contributed by atoms with Crippen LogP contribution >= 0.6 is 0 Å². The lowest BCUT2D eigenvalue weighted by atomic mass is 9.79. The Bertz CT molecular complexity index is 331. The molecule has 1 aromatic rings. The van der Waals surface area contributed by atoms with E-state index in [2.05, 4.69) is 32.9 Å². The van der Waals surface area contributed by atoms with Gasteiger partial charge in [-0.3, -0.25) is 0 Å². The molecule has 0 fully saturated rings. The van der Waals surface area contributed by atoms with Crippen molar-refractivity contribution in [2.75, 3.05) is 13.7 Å². The molecule has 1 aromatic carbocycles. The second-order valence-electron chi connectivity index (χ2n) is 4.60. The molecule has 0 unspecified atom stereocenters. The Labute approximate surface area is 92.4 Å². The van der Waals surface area contributed by atoms with E-state index in [0.717, 1.165) is 18.7 Å². The van der Waals surface area contributed by atoms with Crippen molar-refractivity contribution < 1.29 is 4.74 Å². The quantitative estimate of drug-likeness (QED) is 0.823. The molecule has 2 nitrogen and oxygen atoms in total. The van der Waals surface area contributed by atoms with Gasteiger partial charge in [0.1, 0.15) is 5.75 Å². The Morgan fingerprint density at radius 2 is 2.00 bits per heavy atom. The zero-order chi connectivity index (χ0) is 11.5. The summed E-state index contributed by atoms with van der Waals surface area (Å²) < 4.78 is 5.20. The minimum Gasteiger partial charge on any atom is -0.497 e. The molecule has 2 N–H and O–H groups in total. The van der Waals surface area contributed by atoms with Crippen molar-refractivity contribution in [3.8, 4) is 5.75 Å². The van der Waals surface area contributed by atoms with Gasteiger partial charge < -0.3 is 10.5 Å². The molecule has 0 atom stereocenters. The van der Waals surface area contributed by atoms with Crippen LogP contribution in [0.3, 0.4) is 0 Å². The Kier molecular flexibility index (Phi) is 3.75. The molecular formula is C13H21NO. The van der Waals surface area contributed by atoms with E-state index in [0.29, 0.717) is 0 Å². The smallest absolute Gasteiger partial charge is 0.119 e. The molecule has 84 valence electrons. The van der Waals surface area contributed by atoms with E-state index in [1.165, 1.54) is 11.1 Å². The number of methoxy groups -OCH3 is 1. The minimum absolute atomic E-state index is 0.144. The van der Waals surface area contributed by atoms with E-state index in [1.54, 1.807) is 7.11 Å². The summed E-state index contributed by atoms with van der Waals surface area (Å²) >= 11 is 0. The summed E-state index contributed by atoms with van der Waals surface area (Å²) in [5.41, 5.74) is 8.40. The Hall–Kier alpha value is -1.02. The fourth-order valence-corrected chi connectivity index (χ4v) is 2.02. The average molecular weight is 207 g/mol. The summed E-state index contributed by atoms with van der Waals surface area (Å²) in [4.78, 5) is 0. The van der Waals surface area contributed by atoms with Crippen LogP contribution in [0.2, 0.25) is 0 Å². The molecule has 2 heteroatoms. The predicted molar refractivity (Wildman–Crippen MR) is 64.4 cm³/mol. The topological polar surface area (TPSA) is 35.2 Å². The van der Waals surface area contributed by atoms with Crippen LogP contribution in [0.5, 0.6) is 5.75 Å². The molecule has 0 heterocycles. The van der Waals surface area contributed by atoms with Gasteiger partial charge in [-0.05, 0) is 48.6 Å². The van der Waals surface area contributed by atoms with E-state index in [1.807, 2.05) is 6.07 Å². The van der Waals surface area contributed by atoms with Gasteiger partial charge in [0, 0.05) is 0 Å². The molecule has 0 saturated carbocycles. The first-order valence-corrected chi connectivity index (χ1v) is 5.36. The Morgan fingerprint density at radius 1 is 1.33 bits per heavy atom. The summed E-state index contributed by atoms with van der Waals surface area (Å²) in [6.45, 7) is 7.30. The van der Waals surface area contributed by atoms with Gasteiger partial charge in [0.15, 0.2) is 0 Å². The summed E-state index contributed by atoms with van der Waals surface area (Å²) in [6, 6.07) is 6.23. The lowest BCUT2D eigenvalue weighted by molar-refractivity contribution is 0.413. The first kappa shape index (κ1) is 12.1. The molecule has 0 radical (unpaired) electrons. The standard InChI is InChI=1S/C13H21NO/c1-10-9-11(15-4)5-6-12(10)13(2,3)7-8-14/h5-6,9H,7-8,14H2,1-4H3. The summed E-state index contributed by atoms with van der Waals surface area (Å²) in [7, 11) is 1.69. The number of hydrogen-bond acceptors (Lipinski definition) is 2. The normalized spacial score (nSPS) is 11.5. The van der Waals surface area contributed by atoms with Crippen molar-refractivity contribution in [3.63, 3.8) is 0 Å². The number of ether oxygens (including phenoxy) is 1. The minimum atomic E-state index is 0.144. The molecule has 0 aliphatic carbocycles. The second-order valence-corrected chi connectivity index (χ2v) is 4.60. The lowest BCUT2D eigenvalue weighted by Crippen LogP contribution is -2.22. The maximum absolute atomic E-state index is 5.63. The molecule has 0 aliphatic rings. The van der Waals surface area contributed by atoms with Crippen molar-refractivity contribution in [2.24, 2.45) is 5.73 Å². The number of nitrogens with two attached hydrogens (primary N) is 1. The van der Waals surface area contributed by atoms with Crippen LogP contribution in [-0.2, 0) is 5.41 Å². The third kappa shape index (κ3) is 2.72. The number of rotatable bonds is 4. The molecule has 1 rings (SSSR count). The molecule has 0 bridgehead atoms. The molecule has 0 amide bonds. The van der Waals surface area contributed by atoms with Gasteiger partial charge in [-0.15, -0.1) is 0 Å². The molecule has 0 spiro atoms. The first-order valence-electron chi connectivity index (χ1n) is 5.36. The van der Waals surface area contributed by atoms with Gasteiger partial charge in [-0.25, -0.2) is 0 Å². The molecule has 0 saturated heterocycles. The maximum atomic E-state index is 5.63. The molecule has 0 aromatic heterocycles. The van der Waals surface area contributed by atoms with Crippen LogP contribution in [0.4, 0.5) is 0 Å².